The lowest BCUT2D eigenvalue weighted by Gasteiger charge is -2.27. The molecule has 3 rings (SSSR count). The molecular formula is C12H14FN7O2. The lowest BCUT2D eigenvalue weighted by atomic mass is 10.4. The number of halogens is 1. The average molecular weight is 307 g/mol. The zero-order valence-corrected chi connectivity index (χ0v) is 11.8. The van der Waals surface area contributed by atoms with Crippen molar-refractivity contribution in [1.82, 2.24) is 30.0 Å². The lowest BCUT2D eigenvalue weighted by molar-refractivity contribution is 0.0683. The van der Waals surface area contributed by atoms with Crippen molar-refractivity contribution < 1.29 is 14.3 Å². The summed E-state index contributed by atoms with van der Waals surface area (Å²) < 4.78 is 15.1. The zero-order valence-electron chi connectivity index (χ0n) is 11.8. The summed E-state index contributed by atoms with van der Waals surface area (Å²) in [5.74, 6) is -1.87. The van der Waals surface area contributed by atoms with Gasteiger partial charge >= 0.3 is 5.97 Å². The van der Waals surface area contributed by atoms with Crippen molar-refractivity contribution in [3.8, 4) is 5.82 Å². The number of aromatic carboxylic acids is 1. The summed E-state index contributed by atoms with van der Waals surface area (Å²) in [6, 6.07) is 0. The molecule has 0 bridgehead atoms. The fourth-order valence-electron chi connectivity index (χ4n) is 2.20. The minimum Gasteiger partial charge on any atom is -0.475 e. The SMILES string of the molecule is Cc1nc(C(=O)O)nn1-c1nc(N2CCNCC2)ncc1F. The molecule has 3 heterocycles. The number of nitrogens with zero attached hydrogens (tertiary/aromatic N) is 6. The molecule has 0 amide bonds. The molecule has 0 saturated carbocycles. The number of hydrogen-bond donors (Lipinski definition) is 2. The van der Waals surface area contributed by atoms with Gasteiger partial charge in [0.25, 0.3) is 5.82 Å². The van der Waals surface area contributed by atoms with Crippen LogP contribution < -0.4 is 10.2 Å². The minimum absolute atomic E-state index is 0.110. The number of aromatic nitrogens is 5. The van der Waals surface area contributed by atoms with E-state index >= 15 is 0 Å². The molecule has 0 atom stereocenters. The van der Waals surface area contributed by atoms with Crippen molar-refractivity contribution in [2.45, 2.75) is 6.92 Å². The highest BCUT2D eigenvalue weighted by molar-refractivity contribution is 5.83. The lowest BCUT2D eigenvalue weighted by Crippen LogP contribution is -2.44. The van der Waals surface area contributed by atoms with E-state index in [4.69, 9.17) is 5.11 Å². The molecule has 22 heavy (non-hydrogen) atoms. The van der Waals surface area contributed by atoms with E-state index in [0.717, 1.165) is 24.0 Å². The summed E-state index contributed by atoms with van der Waals surface area (Å²) >= 11 is 0. The zero-order chi connectivity index (χ0) is 15.7. The van der Waals surface area contributed by atoms with E-state index in [1.807, 2.05) is 4.90 Å². The summed E-state index contributed by atoms with van der Waals surface area (Å²) in [6.07, 6.45) is 1.06. The van der Waals surface area contributed by atoms with Gasteiger partial charge in [0, 0.05) is 26.2 Å². The predicted molar refractivity (Wildman–Crippen MR) is 73.7 cm³/mol. The molecule has 9 nitrogen and oxygen atoms in total. The van der Waals surface area contributed by atoms with Gasteiger partial charge < -0.3 is 15.3 Å². The van der Waals surface area contributed by atoms with Gasteiger partial charge in [-0.3, -0.25) is 0 Å². The second kappa shape index (κ2) is 5.64. The number of piperazine rings is 1. The molecule has 0 spiro atoms. The van der Waals surface area contributed by atoms with Gasteiger partial charge in [-0.1, -0.05) is 0 Å². The third kappa shape index (κ3) is 2.60. The van der Waals surface area contributed by atoms with Crippen LogP contribution in [0.3, 0.4) is 0 Å². The summed E-state index contributed by atoms with van der Waals surface area (Å²) in [4.78, 5) is 24.8. The molecule has 116 valence electrons. The number of carboxylic acids is 1. The third-order valence-electron chi connectivity index (χ3n) is 3.27. The third-order valence-corrected chi connectivity index (χ3v) is 3.27. The van der Waals surface area contributed by atoms with E-state index < -0.39 is 17.6 Å². The maximum atomic E-state index is 14.0. The average Bonchev–Trinajstić information content (AvgIpc) is 2.91. The Labute approximate surface area is 124 Å². The topological polar surface area (TPSA) is 109 Å². The molecule has 1 fully saturated rings. The number of carboxylic acid groups (broad SMARTS) is 1. The molecular weight excluding hydrogens is 293 g/mol. The van der Waals surface area contributed by atoms with Crippen LogP contribution in [0.15, 0.2) is 6.20 Å². The second-order valence-corrected chi connectivity index (χ2v) is 4.78. The summed E-state index contributed by atoms with van der Waals surface area (Å²) in [6.45, 7) is 4.54. The summed E-state index contributed by atoms with van der Waals surface area (Å²) in [5.41, 5.74) is 0. The van der Waals surface area contributed by atoms with Crippen molar-refractivity contribution in [1.29, 1.82) is 0 Å². The number of hydrogen-bond acceptors (Lipinski definition) is 7. The molecule has 0 aliphatic carbocycles. The van der Waals surface area contributed by atoms with Crippen molar-refractivity contribution in [2.75, 3.05) is 31.1 Å². The van der Waals surface area contributed by atoms with E-state index in [9.17, 15) is 9.18 Å². The number of aryl methyl sites for hydroxylation is 1. The smallest absolute Gasteiger partial charge is 0.375 e. The molecule has 2 aromatic rings. The van der Waals surface area contributed by atoms with Gasteiger partial charge in [0.1, 0.15) is 5.82 Å². The van der Waals surface area contributed by atoms with Gasteiger partial charge in [0.05, 0.1) is 6.20 Å². The molecule has 0 radical (unpaired) electrons. The fourth-order valence-corrected chi connectivity index (χ4v) is 2.20. The highest BCUT2D eigenvalue weighted by Gasteiger charge is 2.20. The van der Waals surface area contributed by atoms with Crippen LogP contribution >= 0.6 is 0 Å². The summed E-state index contributed by atoms with van der Waals surface area (Å²) in [5, 5.41) is 15.9. The number of rotatable bonds is 3. The minimum atomic E-state index is -1.28. The first-order chi connectivity index (χ1) is 10.6. The summed E-state index contributed by atoms with van der Waals surface area (Å²) in [7, 11) is 0. The Morgan fingerprint density at radius 1 is 1.36 bits per heavy atom. The van der Waals surface area contributed by atoms with Crippen LogP contribution in [0, 0.1) is 12.7 Å². The first-order valence-electron chi connectivity index (χ1n) is 6.72. The maximum Gasteiger partial charge on any atom is 0.375 e. The molecule has 0 aromatic carbocycles. The van der Waals surface area contributed by atoms with Gasteiger partial charge in [-0.05, 0) is 6.92 Å². The molecule has 1 saturated heterocycles. The van der Waals surface area contributed by atoms with E-state index in [0.29, 0.717) is 19.0 Å². The van der Waals surface area contributed by atoms with Crippen LogP contribution in [0.25, 0.3) is 5.82 Å². The van der Waals surface area contributed by atoms with Crippen molar-refractivity contribution in [2.24, 2.45) is 0 Å². The number of carbonyl (C=O) groups is 1. The quantitative estimate of drug-likeness (QED) is 0.789. The first kappa shape index (κ1) is 14.3. The van der Waals surface area contributed by atoms with Crippen molar-refractivity contribution in [3.63, 3.8) is 0 Å². The fraction of sp³-hybridized carbons (Fsp3) is 0.417. The van der Waals surface area contributed by atoms with Gasteiger partial charge in [-0.25, -0.2) is 19.2 Å². The van der Waals surface area contributed by atoms with E-state index in [2.05, 4.69) is 25.4 Å². The monoisotopic (exact) mass is 307 g/mol. The Kier molecular flexibility index (Phi) is 3.67. The largest absolute Gasteiger partial charge is 0.475 e. The number of nitrogens with one attached hydrogen (secondary N) is 1. The standard InChI is InChI=1S/C12H14FN7O2/c1-7-16-9(11(21)22)18-20(7)10-8(13)6-15-12(17-10)19-4-2-14-3-5-19/h6,14H,2-5H2,1H3,(H,21,22). The van der Waals surface area contributed by atoms with Gasteiger partial charge in [0.2, 0.25) is 5.95 Å². The van der Waals surface area contributed by atoms with Crippen molar-refractivity contribution in [3.05, 3.63) is 23.7 Å². The van der Waals surface area contributed by atoms with Crippen LogP contribution in [-0.2, 0) is 0 Å². The highest BCUT2D eigenvalue weighted by Crippen LogP contribution is 2.16. The Balaban J connectivity index is 2.01. The molecule has 10 heteroatoms. The first-order valence-corrected chi connectivity index (χ1v) is 6.72. The van der Waals surface area contributed by atoms with Crippen molar-refractivity contribution >= 4 is 11.9 Å². The normalized spacial score (nSPS) is 15.1. The second-order valence-electron chi connectivity index (χ2n) is 4.78. The molecule has 1 aliphatic heterocycles. The van der Waals surface area contributed by atoms with Crippen LogP contribution in [-0.4, -0.2) is 62.0 Å². The molecule has 2 N–H and O–H groups in total. The Morgan fingerprint density at radius 3 is 2.73 bits per heavy atom. The van der Waals surface area contributed by atoms with E-state index in [1.54, 1.807) is 0 Å². The molecule has 1 aliphatic rings. The van der Waals surface area contributed by atoms with Gasteiger partial charge in [-0.2, -0.15) is 9.67 Å². The predicted octanol–water partition coefficient (Wildman–Crippen LogP) is -0.387. The van der Waals surface area contributed by atoms with Crippen LogP contribution in [0.1, 0.15) is 16.4 Å². The van der Waals surface area contributed by atoms with Gasteiger partial charge in [-0.15, -0.1) is 5.10 Å². The van der Waals surface area contributed by atoms with E-state index in [1.165, 1.54) is 6.92 Å². The highest BCUT2D eigenvalue weighted by atomic mass is 19.1. The Bertz CT molecular complexity index is 711. The maximum absolute atomic E-state index is 14.0. The number of anilines is 1. The Morgan fingerprint density at radius 2 is 2.09 bits per heavy atom. The van der Waals surface area contributed by atoms with E-state index in [-0.39, 0.29) is 11.6 Å². The van der Waals surface area contributed by atoms with Crippen LogP contribution in [0.2, 0.25) is 0 Å². The van der Waals surface area contributed by atoms with Crippen LogP contribution in [0.5, 0.6) is 0 Å². The molecule has 0 unspecified atom stereocenters. The van der Waals surface area contributed by atoms with Crippen LogP contribution in [0.4, 0.5) is 10.3 Å². The molecule has 2 aromatic heterocycles. The van der Waals surface area contributed by atoms with Gasteiger partial charge in [0.15, 0.2) is 11.6 Å². The Hall–Kier alpha value is -2.62.